The summed E-state index contributed by atoms with van der Waals surface area (Å²) in [6.07, 6.45) is 3.84. The Balaban J connectivity index is 2.62. The number of carbonyl (C=O) groups excluding carboxylic acids is 1. The lowest BCUT2D eigenvalue weighted by atomic mass is 9.95. The minimum absolute atomic E-state index is 0.0950. The van der Waals surface area contributed by atoms with Crippen molar-refractivity contribution < 1.29 is 4.79 Å². The highest BCUT2D eigenvalue weighted by molar-refractivity contribution is 5.92. The summed E-state index contributed by atoms with van der Waals surface area (Å²) in [6.45, 7) is 9.24. The fraction of sp³-hybridized carbons (Fsp3) is 0.600. The van der Waals surface area contributed by atoms with Crippen LogP contribution in [0.2, 0.25) is 0 Å². The maximum atomic E-state index is 12.1. The number of hydrogen-bond acceptors (Lipinski definition) is 3. The molecule has 4 nitrogen and oxygen atoms in total. The van der Waals surface area contributed by atoms with Crippen LogP contribution in [-0.2, 0) is 0 Å². The number of rotatable bonds is 7. The van der Waals surface area contributed by atoms with E-state index in [2.05, 4.69) is 36.4 Å². The van der Waals surface area contributed by atoms with Gasteiger partial charge < -0.3 is 10.6 Å². The van der Waals surface area contributed by atoms with Gasteiger partial charge in [-0.05, 0) is 31.9 Å². The lowest BCUT2D eigenvalue weighted by Gasteiger charge is -2.22. The average Bonchev–Trinajstić information content (AvgIpc) is 2.41. The van der Waals surface area contributed by atoms with Gasteiger partial charge in [-0.25, -0.2) is 4.98 Å². The molecule has 1 amide bonds. The van der Waals surface area contributed by atoms with Crippen LogP contribution in [0.3, 0.4) is 0 Å². The molecule has 0 aliphatic heterocycles. The van der Waals surface area contributed by atoms with Crippen molar-refractivity contribution in [2.24, 2.45) is 5.92 Å². The molecule has 0 spiro atoms. The number of aromatic nitrogens is 1. The zero-order chi connectivity index (χ0) is 14.3. The van der Waals surface area contributed by atoms with Gasteiger partial charge >= 0.3 is 0 Å². The Morgan fingerprint density at radius 2 is 1.95 bits per heavy atom. The van der Waals surface area contributed by atoms with Crippen molar-refractivity contribution in [1.82, 2.24) is 10.3 Å². The quantitative estimate of drug-likeness (QED) is 0.795. The van der Waals surface area contributed by atoms with Crippen LogP contribution in [0.5, 0.6) is 0 Å². The van der Waals surface area contributed by atoms with Crippen LogP contribution in [-0.4, -0.2) is 23.5 Å². The molecule has 1 aromatic rings. The van der Waals surface area contributed by atoms with E-state index in [0.717, 1.165) is 25.1 Å². The van der Waals surface area contributed by atoms with Gasteiger partial charge in [-0.3, -0.25) is 4.79 Å². The highest BCUT2D eigenvalue weighted by atomic mass is 16.1. The van der Waals surface area contributed by atoms with Crippen molar-refractivity contribution in [3.8, 4) is 0 Å². The molecule has 0 bridgehead atoms. The molecule has 0 saturated carbocycles. The predicted octanol–water partition coefficient (Wildman–Crippen LogP) is 3.07. The van der Waals surface area contributed by atoms with Gasteiger partial charge in [0, 0.05) is 12.6 Å². The summed E-state index contributed by atoms with van der Waals surface area (Å²) in [5.74, 6) is 0.424. The van der Waals surface area contributed by atoms with Crippen molar-refractivity contribution in [1.29, 1.82) is 0 Å². The van der Waals surface area contributed by atoms with Crippen molar-refractivity contribution in [2.45, 2.75) is 46.6 Å². The Hall–Kier alpha value is -1.58. The number of nitrogens with one attached hydrogen (secondary N) is 2. The summed E-state index contributed by atoms with van der Waals surface area (Å²) in [5.41, 5.74) is 1.41. The topological polar surface area (TPSA) is 54.0 Å². The lowest BCUT2D eigenvalue weighted by Crippen LogP contribution is -2.38. The molecule has 0 aliphatic carbocycles. The number of pyridine rings is 1. The Bertz CT molecular complexity index is 385. The van der Waals surface area contributed by atoms with Gasteiger partial charge in [-0.15, -0.1) is 0 Å². The van der Waals surface area contributed by atoms with Gasteiger partial charge in [0.15, 0.2) is 0 Å². The first-order chi connectivity index (χ1) is 9.12. The van der Waals surface area contributed by atoms with Crippen LogP contribution in [0.1, 0.15) is 51.0 Å². The highest BCUT2D eigenvalue weighted by Crippen LogP contribution is 2.13. The summed E-state index contributed by atoms with van der Waals surface area (Å²) in [4.78, 5) is 16.3. The lowest BCUT2D eigenvalue weighted by molar-refractivity contribution is 0.0920. The first-order valence-electron chi connectivity index (χ1n) is 7.13. The zero-order valence-electron chi connectivity index (χ0n) is 12.4. The Kier molecular flexibility index (Phi) is 6.33. The molecule has 0 fully saturated rings. The molecular formula is C15H25N3O. The number of amides is 1. The minimum atomic E-state index is -0.0950. The van der Waals surface area contributed by atoms with Gasteiger partial charge in [-0.2, -0.15) is 0 Å². The molecule has 106 valence electrons. The molecule has 0 saturated heterocycles. The molecule has 1 unspecified atom stereocenters. The molecule has 1 rings (SSSR count). The zero-order valence-corrected chi connectivity index (χ0v) is 12.4. The van der Waals surface area contributed by atoms with Gasteiger partial charge in [0.05, 0.1) is 11.9 Å². The van der Waals surface area contributed by atoms with Crippen molar-refractivity contribution >= 4 is 11.6 Å². The number of nitrogens with zero attached hydrogens (tertiary/aromatic N) is 1. The van der Waals surface area contributed by atoms with Crippen LogP contribution in [0.25, 0.3) is 0 Å². The number of hydrogen-bond donors (Lipinski definition) is 2. The summed E-state index contributed by atoms with van der Waals surface area (Å²) in [5, 5.41) is 6.18. The Labute approximate surface area is 116 Å². The molecule has 4 heteroatoms. The van der Waals surface area contributed by atoms with Gasteiger partial charge in [0.1, 0.15) is 5.69 Å². The monoisotopic (exact) mass is 263 g/mol. The molecule has 1 aromatic heterocycles. The summed E-state index contributed by atoms with van der Waals surface area (Å²) in [7, 11) is 0. The van der Waals surface area contributed by atoms with Gasteiger partial charge in [0.25, 0.3) is 5.91 Å². The first kappa shape index (κ1) is 15.5. The summed E-state index contributed by atoms with van der Waals surface area (Å²) in [6, 6.07) is 3.82. The van der Waals surface area contributed by atoms with E-state index in [1.54, 1.807) is 12.3 Å². The molecule has 2 N–H and O–H groups in total. The second-order valence-electron chi connectivity index (χ2n) is 4.80. The Morgan fingerprint density at radius 3 is 2.42 bits per heavy atom. The van der Waals surface area contributed by atoms with E-state index >= 15 is 0 Å². The fourth-order valence-corrected chi connectivity index (χ4v) is 2.23. The standard InChI is InChI=1S/C15H25N3O/c1-5-12(6-2)11(4)18-15(19)14-9-8-13(10-17-14)16-7-3/h8-12,16H,5-7H2,1-4H3,(H,18,19). The van der Waals surface area contributed by atoms with Crippen molar-refractivity contribution in [2.75, 3.05) is 11.9 Å². The second-order valence-corrected chi connectivity index (χ2v) is 4.80. The third-order valence-electron chi connectivity index (χ3n) is 3.49. The van der Waals surface area contributed by atoms with E-state index in [0.29, 0.717) is 11.6 Å². The SMILES string of the molecule is CCNc1ccc(C(=O)NC(C)C(CC)CC)nc1. The van der Waals surface area contributed by atoms with Crippen molar-refractivity contribution in [3.63, 3.8) is 0 Å². The van der Waals surface area contributed by atoms with Gasteiger partial charge in [-0.1, -0.05) is 26.7 Å². The molecule has 1 heterocycles. The van der Waals surface area contributed by atoms with E-state index in [-0.39, 0.29) is 11.9 Å². The molecule has 19 heavy (non-hydrogen) atoms. The summed E-state index contributed by atoms with van der Waals surface area (Å²) < 4.78 is 0. The minimum Gasteiger partial charge on any atom is -0.384 e. The number of carbonyl (C=O) groups is 1. The molecule has 0 aromatic carbocycles. The first-order valence-corrected chi connectivity index (χ1v) is 7.13. The maximum absolute atomic E-state index is 12.1. The molecule has 0 aliphatic rings. The molecular weight excluding hydrogens is 238 g/mol. The maximum Gasteiger partial charge on any atom is 0.270 e. The highest BCUT2D eigenvalue weighted by Gasteiger charge is 2.17. The van der Waals surface area contributed by atoms with Crippen LogP contribution in [0.4, 0.5) is 5.69 Å². The second kappa shape index (κ2) is 7.77. The van der Waals surface area contributed by atoms with Gasteiger partial charge in [0.2, 0.25) is 0 Å². The third kappa shape index (κ3) is 4.54. The van der Waals surface area contributed by atoms with E-state index in [9.17, 15) is 4.79 Å². The van der Waals surface area contributed by atoms with Crippen LogP contribution in [0.15, 0.2) is 18.3 Å². The summed E-state index contributed by atoms with van der Waals surface area (Å²) >= 11 is 0. The smallest absolute Gasteiger partial charge is 0.270 e. The average molecular weight is 263 g/mol. The van der Waals surface area contributed by atoms with Crippen LogP contribution >= 0.6 is 0 Å². The van der Waals surface area contributed by atoms with Crippen LogP contribution in [0, 0.1) is 5.92 Å². The fourth-order valence-electron chi connectivity index (χ4n) is 2.23. The molecule has 1 atom stereocenters. The number of anilines is 1. The Morgan fingerprint density at radius 1 is 1.26 bits per heavy atom. The molecule has 0 radical (unpaired) electrons. The van der Waals surface area contributed by atoms with Crippen molar-refractivity contribution in [3.05, 3.63) is 24.0 Å². The van der Waals surface area contributed by atoms with E-state index in [4.69, 9.17) is 0 Å². The van der Waals surface area contributed by atoms with E-state index in [1.165, 1.54) is 0 Å². The normalized spacial score (nSPS) is 12.3. The van der Waals surface area contributed by atoms with E-state index in [1.807, 2.05) is 13.0 Å². The van der Waals surface area contributed by atoms with E-state index < -0.39 is 0 Å². The van der Waals surface area contributed by atoms with Crippen LogP contribution < -0.4 is 10.6 Å². The third-order valence-corrected chi connectivity index (χ3v) is 3.49. The predicted molar refractivity (Wildman–Crippen MR) is 79.4 cm³/mol. The largest absolute Gasteiger partial charge is 0.384 e.